The quantitative estimate of drug-likeness (QED) is 0.262. The number of anilines is 2. The van der Waals surface area contributed by atoms with E-state index in [0.717, 1.165) is 12.1 Å². The van der Waals surface area contributed by atoms with Crippen molar-refractivity contribution < 1.29 is 36.7 Å². The molecule has 0 radical (unpaired) electrons. The van der Waals surface area contributed by atoms with Gasteiger partial charge in [-0.25, -0.2) is 8.42 Å². The van der Waals surface area contributed by atoms with E-state index in [0.29, 0.717) is 28.5 Å². The highest BCUT2D eigenvalue weighted by molar-refractivity contribution is 7.93. The molecule has 0 fully saturated rings. The normalized spacial score (nSPS) is 15.2. The Kier molecular flexibility index (Phi) is 8.68. The molecule has 0 saturated carbocycles. The SMILES string of the molecule is CC(=O)N1CCc2cc(N(CP(=O)(O)OCOC(=O)C(C)(C)C)S(=O)(=O)c3cc(Cl)cc(Cl)c3)ccc21. The second-order valence-corrected chi connectivity index (χ2v) is 14.0. The van der Waals surface area contributed by atoms with Crippen LogP contribution < -0.4 is 9.21 Å². The number of fused-ring (bicyclic) bond motifs is 1. The number of carbonyl (C=O) groups is 2. The van der Waals surface area contributed by atoms with Crippen molar-refractivity contribution >= 4 is 64.1 Å². The topological polar surface area (TPSA) is 131 Å². The summed E-state index contributed by atoms with van der Waals surface area (Å²) < 4.78 is 50.8. The third kappa shape index (κ3) is 7.04. The third-order valence-electron chi connectivity index (χ3n) is 5.41. The van der Waals surface area contributed by atoms with Crippen LogP contribution in [0.2, 0.25) is 10.0 Å². The van der Waals surface area contributed by atoms with Crippen LogP contribution in [0.25, 0.3) is 0 Å². The van der Waals surface area contributed by atoms with Gasteiger partial charge in [0, 0.05) is 29.2 Å². The molecule has 1 amide bonds. The molecule has 1 N–H and O–H groups in total. The molecule has 14 heteroatoms. The third-order valence-corrected chi connectivity index (χ3v) is 8.94. The Hall–Kier alpha value is -2.14. The van der Waals surface area contributed by atoms with Crippen LogP contribution in [0.5, 0.6) is 0 Å². The predicted molar refractivity (Wildman–Crippen MR) is 140 cm³/mol. The van der Waals surface area contributed by atoms with Gasteiger partial charge in [0.1, 0.15) is 6.29 Å². The Morgan fingerprint density at radius 2 is 1.76 bits per heavy atom. The molecule has 0 spiro atoms. The maximum atomic E-state index is 13.7. The minimum absolute atomic E-state index is 0.0506. The van der Waals surface area contributed by atoms with Crippen molar-refractivity contribution in [2.75, 3.05) is 28.8 Å². The van der Waals surface area contributed by atoms with E-state index < -0.39 is 42.1 Å². The molecular formula is C23H27Cl2N2O8PS. The summed E-state index contributed by atoms with van der Waals surface area (Å²) in [7, 11) is -9.15. The minimum atomic E-state index is -4.67. The molecule has 37 heavy (non-hydrogen) atoms. The maximum Gasteiger partial charge on any atom is 0.351 e. The number of esters is 1. The van der Waals surface area contributed by atoms with Gasteiger partial charge in [-0.3, -0.25) is 23.0 Å². The van der Waals surface area contributed by atoms with Crippen LogP contribution in [0.4, 0.5) is 11.4 Å². The van der Waals surface area contributed by atoms with E-state index in [4.69, 9.17) is 32.5 Å². The van der Waals surface area contributed by atoms with Gasteiger partial charge < -0.3 is 14.5 Å². The molecule has 0 aromatic heterocycles. The summed E-state index contributed by atoms with van der Waals surface area (Å²) in [5, 5.41) is 0.101. The first-order valence-corrected chi connectivity index (χ1v) is 15.0. The van der Waals surface area contributed by atoms with Crippen molar-refractivity contribution in [2.45, 2.75) is 39.0 Å². The van der Waals surface area contributed by atoms with Gasteiger partial charge in [-0.1, -0.05) is 23.2 Å². The molecule has 10 nitrogen and oxygen atoms in total. The van der Waals surface area contributed by atoms with E-state index in [1.807, 2.05) is 0 Å². The summed E-state index contributed by atoms with van der Waals surface area (Å²) in [6.07, 6.45) is -0.530. The van der Waals surface area contributed by atoms with Crippen LogP contribution >= 0.6 is 30.8 Å². The number of amides is 1. The van der Waals surface area contributed by atoms with Crippen molar-refractivity contribution in [1.82, 2.24) is 0 Å². The van der Waals surface area contributed by atoms with Gasteiger partial charge in [-0.2, -0.15) is 0 Å². The number of ether oxygens (including phenoxy) is 1. The Balaban J connectivity index is 1.98. The zero-order valence-electron chi connectivity index (χ0n) is 20.6. The number of halogens is 2. The highest BCUT2D eigenvalue weighted by atomic mass is 35.5. The zero-order valence-corrected chi connectivity index (χ0v) is 23.8. The average Bonchev–Trinajstić information content (AvgIpc) is 3.19. The number of carbonyl (C=O) groups excluding carboxylic acids is 2. The average molecular weight is 593 g/mol. The number of sulfonamides is 1. The maximum absolute atomic E-state index is 13.7. The fourth-order valence-electron chi connectivity index (χ4n) is 3.55. The molecule has 0 aliphatic carbocycles. The standard InChI is InChI=1S/C23H27Cl2N2O8PS/c1-15(28)26-8-7-16-9-19(5-6-21(16)26)27(37(32,33)20-11-17(24)10-18(25)12-20)13-36(30,31)35-14-34-22(29)23(2,3)4/h5-6,9-12H,7-8,13-14H2,1-4H3,(H,30,31). The lowest BCUT2D eigenvalue weighted by atomic mass is 9.98. The second-order valence-electron chi connectivity index (χ2n) is 9.40. The van der Waals surface area contributed by atoms with Crippen molar-refractivity contribution in [2.24, 2.45) is 5.41 Å². The molecule has 0 bridgehead atoms. The Labute approximate surface area is 225 Å². The van der Waals surface area contributed by atoms with Gasteiger partial charge in [0.05, 0.1) is 16.0 Å². The molecule has 202 valence electrons. The van der Waals surface area contributed by atoms with Gasteiger partial charge >= 0.3 is 13.6 Å². The largest absolute Gasteiger partial charge is 0.438 e. The van der Waals surface area contributed by atoms with Crippen LogP contribution in [0.15, 0.2) is 41.3 Å². The number of rotatable bonds is 8. The van der Waals surface area contributed by atoms with Gasteiger partial charge in [0.15, 0.2) is 0 Å². The lowest BCUT2D eigenvalue weighted by Gasteiger charge is -2.27. The molecule has 2 aromatic carbocycles. The molecule has 0 saturated heterocycles. The monoisotopic (exact) mass is 592 g/mol. The molecule has 1 unspecified atom stereocenters. The summed E-state index contributed by atoms with van der Waals surface area (Å²) in [6, 6.07) is 8.19. The van der Waals surface area contributed by atoms with Crippen molar-refractivity contribution in [1.29, 1.82) is 0 Å². The molecular weight excluding hydrogens is 566 g/mol. The van der Waals surface area contributed by atoms with Crippen LogP contribution in [0.1, 0.15) is 33.3 Å². The van der Waals surface area contributed by atoms with Gasteiger partial charge in [-0.15, -0.1) is 0 Å². The molecule has 1 heterocycles. The second kappa shape index (κ2) is 10.9. The molecule has 1 atom stereocenters. The van der Waals surface area contributed by atoms with E-state index in [9.17, 15) is 27.5 Å². The van der Waals surface area contributed by atoms with E-state index in [2.05, 4.69) is 0 Å². The molecule has 3 rings (SSSR count). The lowest BCUT2D eigenvalue weighted by molar-refractivity contribution is -0.159. The highest BCUT2D eigenvalue weighted by Crippen LogP contribution is 2.46. The Bertz CT molecular complexity index is 1360. The van der Waals surface area contributed by atoms with Crippen molar-refractivity contribution in [3.8, 4) is 0 Å². The predicted octanol–water partition coefficient (Wildman–Crippen LogP) is 4.80. The summed E-state index contributed by atoms with van der Waals surface area (Å²) >= 11 is 12.0. The highest BCUT2D eigenvalue weighted by Gasteiger charge is 2.35. The number of nitrogens with zero attached hydrogens (tertiary/aromatic N) is 2. The van der Waals surface area contributed by atoms with Crippen LogP contribution in [-0.2, 0) is 39.9 Å². The van der Waals surface area contributed by atoms with E-state index in [1.54, 1.807) is 31.7 Å². The number of hydrogen-bond donors (Lipinski definition) is 1. The van der Waals surface area contributed by atoms with Crippen molar-refractivity contribution in [3.05, 3.63) is 52.0 Å². The first-order valence-electron chi connectivity index (χ1n) is 11.0. The smallest absolute Gasteiger partial charge is 0.351 e. The number of benzene rings is 2. The number of hydrogen-bond acceptors (Lipinski definition) is 7. The van der Waals surface area contributed by atoms with Gasteiger partial charge in [0.25, 0.3) is 10.0 Å². The fourth-order valence-corrected chi connectivity index (χ4v) is 7.24. The Morgan fingerprint density at radius 3 is 2.32 bits per heavy atom. The van der Waals surface area contributed by atoms with Crippen LogP contribution in [-0.4, -0.2) is 44.8 Å². The first-order chi connectivity index (χ1) is 17.0. The van der Waals surface area contributed by atoms with Crippen molar-refractivity contribution in [3.63, 3.8) is 0 Å². The molecule has 1 aliphatic heterocycles. The summed E-state index contributed by atoms with van der Waals surface area (Å²) in [5.41, 5.74) is 0.494. The summed E-state index contributed by atoms with van der Waals surface area (Å²) in [4.78, 5) is 35.6. The lowest BCUT2D eigenvalue weighted by Crippen LogP contribution is -2.33. The van der Waals surface area contributed by atoms with Crippen LogP contribution in [0.3, 0.4) is 0 Å². The summed E-state index contributed by atoms with van der Waals surface area (Å²) in [5.74, 6) is -0.832. The zero-order chi connectivity index (χ0) is 27.8. The minimum Gasteiger partial charge on any atom is -0.438 e. The first kappa shape index (κ1) is 29.4. The van der Waals surface area contributed by atoms with Gasteiger partial charge in [0.2, 0.25) is 12.7 Å². The molecule has 2 aromatic rings. The van der Waals surface area contributed by atoms with Crippen LogP contribution in [0, 0.1) is 5.41 Å². The Morgan fingerprint density at radius 1 is 1.14 bits per heavy atom. The molecule has 1 aliphatic rings. The van der Waals surface area contributed by atoms with E-state index in [-0.39, 0.29) is 26.5 Å². The van der Waals surface area contributed by atoms with Gasteiger partial charge in [-0.05, 0) is 69.2 Å². The summed E-state index contributed by atoms with van der Waals surface area (Å²) in [6.45, 7) is 5.79. The van der Waals surface area contributed by atoms with E-state index >= 15 is 0 Å². The fraction of sp³-hybridized carbons (Fsp3) is 0.391. The van der Waals surface area contributed by atoms with E-state index in [1.165, 1.54) is 25.1 Å².